The number of fused-ring (bicyclic) bond motifs is 1. The fourth-order valence-corrected chi connectivity index (χ4v) is 4.14. The predicted octanol–water partition coefficient (Wildman–Crippen LogP) is 4.16. The molecule has 0 bridgehead atoms. The quantitative estimate of drug-likeness (QED) is 0.463. The molecule has 27 heavy (non-hydrogen) atoms. The number of pyridine rings is 1. The van der Waals surface area contributed by atoms with Crippen molar-refractivity contribution in [1.82, 2.24) is 19.3 Å². The first-order valence-electron chi connectivity index (χ1n) is 8.36. The number of halogens is 1. The normalized spacial score (nSPS) is 12.6. The molecule has 4 aromatic rings. The molecule has 0 amide bonds. The maximum absolute atomic E-state index is 12.1. The number of hydrogen-bond donors (Lipinski definition) is 0. The molecule has 6 nitrogen and oxygen atoms in total. The molecule has 0 aliphatic carbocycles. The van der Waals surface area contributed by atoms with E-state index >= 15 is 0 Å². The third-order valence-electron chi connectivity index (χ3n) is 4.45. The van der Waals surface area contributed by atoms with Crippen molar-refractivity contribution in [2.24, 2.45) is 0 Å². The molecule has 0 fully saturated rings. The molecule has 3 heterocycles. The van der Waals surface area contributed by atoms with E-state index in [1.807, 2.05) is 36.5 Å². The van der Waals surface area contributed by atoms with Crippen molar-refractivity contribution in [1.29, 1.82) is 0 Å². The second-order valence-electron chi connectivity index (χ2n) is 6.18. The van der Waals surface area contributed by atoms with Gasteiger partial charge in [-0.15, -0.1) is 0 Å². The fraction of sp³-hybridized carbons (Fsp3) is 0.211. The van der Waals surface area contributed by atoms with Gasteiger partial charge in [0.05, 0.1) is 15.9 Å². The summed E-state index contributed by atoms with van der Waals surface area (Å²) in [5, 5.41) is 4.67. The lowest BCUT2D eigenvalue weighted by molar-refractivity contribution is 0.133. The summed E-state index contributed by atoms with van der Waals surface area (Å²) < 4.78 is 10.4. The van der Waals surface area contributed by atoms with E-state index in [2.05, 4.69) is 39.0 Å². The lowest BCUT2D eigenvalue weighted by Crippen LogP contribution is -2.13. The Kier molecular flexibility index (Phi) is 4.94. The van der Waals surface area contributed by atoms with E-state index in [1.165, 1.54) is 11.3 Å². The van der Waals surface area contributed by atoms with Crippen molar-refractivity contribution in [3.8, 4) is 5.82 Å². The van der Waals surface area contributed by atoms with Gasteiger partial charge in [0, 0.05) is 29.9 Å². The van der Waals surface area contributed by atoms with Crippen LogP contribution in [-0.4, -0.2) is 26.4 Å². The Hall–Kier alpha value is -2.29. The fourth-order valence-electron chi connectivity index (χ4n) is 2.97. The largest absolute Gasteiger partial charge is 0.364 e. The van der Waals surface area contributed by atoms with Crippen LogP contribution in [0.1, 0.15) is 24.1 Å². The maximum atomic E-state index is 12.1. The van der Waals surface area contributed by atoms with Crippen LogP contribution in [0.5, 0.6) is 0 Å². The first-order chi connectivity index (χ1) is 13.1. The molecule has 0 radical (unpaired) electrons. The van der Waals surface area contributed by atoms with Crippen molar-refractivity contribution >= 4 is 37.5 Å². The molecular weight excluding hydrogens is 428 g/mol. The number of aromatic nitrogens is 4. The highest BCUT2D eigenvalue weighted by atomic mass is 79.9. The van der Waals surface area contributed by atoms with Crippen molar-refractivity contribution in [3.05, 3.63) is 74.2 Å². The first kappa shape index (κ1) is 18.1. The second kappa shape index (κ2) is 7.38. The monoisotopic (exact) mass is 444 g/mol. The zero-order valence-electron chi connectivity index (χ0n) is 14.8. The van der Waals surface area contributed by atoms with E-state index in [1.54, 1.807) is 22.6 Å². The zero-order valence-corrected chi connectivity index (χ0v) is 17.2. The lowest BCUT2D eigenvalue weighted by atomic mass is 9.98. The van der Waals surface area contributed by atoms with Crippen molar-refractivity contribution in [2.75, 3.05) is 7.11 Å². The molecule has 1 aromatic carbocycles. The van der Waals surface area contributed by atoms with Crippen LogP contribution in [0.15, 0.2) is 58.1 Å². The molecular formula is C19H17BrN4O2S. The van der Waals surface area contributed by atoms with Gasteiger partial charge in [0.1, 0.15) is 6.73 Å². The first-order valence-corrected chi connectivity index (χ1v) is 9.97. The minimum Gasteiger partial charge on any atom is -0.364 e. The van der Waals surface area contributed by atoms with Crippen LogP contribution in [-0.2, 0) is 11.5 Å². The van der Waals surface area contributed by atoms with Crippen LogP contribution >= 0.6 is 27.3 Å². The SMILES string of the molecule is COCn1c(=O)sc2cc(C(C)c3ccn(-c4ccc(Br)cn4)n3)ccc21. The predicted molar refractivity (Wildman–Crippen MR) is 110 cm³/mol. The number of ether oxygens (including phenoxy) is 1. The second-order valence-corrected chi connectivity index (χ2v) is 8.09. The van der Waals surface area contributed by atoms with Crippen LogP contribution in [0.3, 0.4) is 0 Å². The zero-order chi connectivity index (χ0) is 19.0. The molecule has 8 heteroatoms. The van der Waals surface area contributed by atoms with E-state index < -0.39 is 0 Å². The molecule has 1 atom stereocenters. The molecule has 138 valence electrons. The van der Waals surface area contributed by atoms with Gasteiger partial charge < -0.3 is 4.74 Å². The van der Waals surface area contributed by atoms with E-state index in [-0.39, 0.29) is 17.5 Å². The van der Waals surface area contributed by atoms with Crippen LogP contribution < -0.4 is 4.87 Å². The minimum absolute atomic E-state index is 0.0118. The van der Waals surface area contributed by atoms with Crippen LogP contribution in [0.25, 0.3) is 16.0 Å². The average Bonchev–Trinajstić information content (AvgIpc) is 3.27. The summed E-state index contributed by atoms with van der Waals surface area (Å²) in [5.41, 5.74) is 2.96. The molecule has 4 rings (SSSR count). The van der Waals surface area contributed by atoms with Gasteiger partial charge in [-0.1, -0.05) is 24.3 Å². The van der Waals surface area contributed by atoms with Gasteiger partial charge in [0.2, 0.25) is 0 Å². The van der Waals surface area contributed by atoms with E-state index in [4.69, 9.17) is 4.74 Å². The number of thiazole rings is 1. The van der Waals surface area contributed by atoms with Gasteiger partial charge in [-0.3, -0.25) is 9.36 Å². The van der Waals surface area contributed by atoms with Gasteiger partial charge in [0.15, 0.2) is 5.82 Å². The highest BCUT2D eigenvalue weighted by Crippen LogP contribution is 2.28. The Labute approximate surface area is 168 Å². The third-order valence-corrected chi connectivity index (χ3v) is 5.86. The van der Waals surface area contributed by atoms with Gasteiger partial charge in [-0.2, -0.15) is 5.10 Å². The number of nitrogens with zero attached hydrogens (tertiary/aromatic N) is 4. The van der Waals surface area contributed by atoms with Crippen molar-refractivity contribution < 1.29 is 4.74 Å². The van der Waals surface area contributed by atoms with E-state index in [0.717, 1.165) is 31.8 Å². The summed E-state index contributed by atoms with van der Waals surface area (Å²) in [4.78, 5) is 16.5. The summed E-state index contributed by atoms with van der Waals surface area (Å²) in [6.07, 6.45) is 3.66. The van der Waals surface area contributed by atoms with Crippen LogP contribution in [0.4, 0.5) is 0 Å². The molecule has 3 aromatic heterocycles. The molecule has 0 saturated heterocycles. The molecule has 0 aliphatic rings. The smallest absolute Gasteiger partial charge is 0.310 e. The maximum Gasteiger partial charge on any atom is 0.310 e. The summed E-state index contributed by atoms with van der Waals surface area (Å²) in [5.74, 6) is 0.862. The topological polar surface area (TPSA) is 61.9 Å². The minimum atomic E-state index is -0.0118. The number of methoxy groups -OCH3 is 1. The molecule has 0 saturated carbocycles. The number of benzene rings is 1. The van der Waals surface area contributed by atoms with Gasteiger partial charge in [-0.25, -0.2) is 9.67 Å². The Morgan fingerprint density at radius 2 is 2.11 bits per heavy atom. The molecule has 1 unspecified atom stereocenters. The van der Waals surface area contributed by atoms with Crippen molar-refractivity contribution in [3.63, 3.8) is 0 Å². The molecule has 0 aliphatic heterocycles. The van der Waals surface area contributed by atoms with Crippen LogP contribution in [0, 0.1) is 0 Å². The van der Waals surface area contributed by atoms with Gasteiger partial charge in [0.25, 0.3) is 0 Å². The van der Waals surface area contributed by atoms with Crippen LogP contribution in [0.2, 0.25) is 0 Å². The Bertz CT molecular complexity index is 1150. The average molecular weight is 445 g/mol. The van der Waals surface area contributed by atoms with E-state index in [0.29, 0.717) is 0 Å². The third kappa shape index (κ3) is 3.47. The lowest BCUT2D eigenvalue weighted by Gasteiger charge is -2.10. The summed E-state index contributed by atoms with van der Waals surface area (Å²) >= 11 is 4.63. The highest BCUT2D eigenvalue weighted by molar-refractivity contribution is 9.10. The number of hydrogen-bond acceptors (Lipinski definition) is 5. The Morgan fingerprint density at radius 1 is 1.26 bits per heavy atom. The summed E-state index contributed by atoms with van der Waals surface area (Å²) in [7, 11) is 1.59. The Morgan fingerprint density at radius 3 is 2.85 bits per heavy atom. The summed E-state index contributed by atoms with van der Waals surface area (Å²) in [6.45, 7) is 2.37. The van der Waals surface area contributed by atoms with Crippen molar-refractivity contribution in [2.45, 2.75) is 19.6 Å². The molecule has 0 N–H and O–H groups in total. The Balaban J connectivity index is 1.65. The van der Waals surface area contributed by atoms with E-state index in [9.17, 15) is 4.79 Å². The van der Waals surface area contributed by atoms with Gasteiger partial charge >= 0.3 is 4.87 Å². The number of rotatable bonds is 5. The highest BCUT2D eigenvalue weighted by Gasteiger charge is 2.15. The molecule has 0 spiro atoms. The summed E-state index contributed by atoms with van der Waals surface area (Å²) in [6, 6.07) is 11.9. The van der Waals surface area contributed by atoms with Gasteiger partial charge in [-0.05, 0) is 51.8 Å². The standard InChI is InChI=1S/C19H17BrN4O2S/c1-12(15-7-8-24(22-15)18-6-4-14(20)10-21-18)13-3-5-16-17(9-13)27-19(25)23(16)11-26-2/h3-10,12H,11H2,1-2H3.